The topological polar surface area (TPSA) is 56.2 Å². The third-order valence-electron chi connectivity index (χ3n) is 3.87. The molecule has 0 saturated heterocycles. The molecule has 0 saturated carbocycles. The van der Waals surface area contributed by atoms with Crippen molar-refractivity contribution in [1.82, 2.24) is 14.8 Å². The van der Waals surface area contributed by atoms with Crippen LogP contribution in [0, 0.1) is 5.82 Å². The second kappa shape index (κ2) is 7.14. The highest BCUT2D eigenvalue weighted by atomic mass is 19.1. The molecule has 2 heterocycles. The summed E-state index contributed by atoms with van der Waals surface area (Å²) in [6.07, 6.45) is 3.61. The summed E-state index contributed by atoms with van der Waals surface area (Å²) in [7, 11) is 0. The molecule has 2 aromatic heterocycles. The average Bonchev–Trinajstić information content (AvgIpc) is 3.32. The largest absolute Gasteiger partial charge is 0.402 e. The number of nitrogens with zero attached hydrogens (tertiary/aromatic N) is 4. The van der Waals surface area contributed by atoms with Crippen LogP contribution in [0.1, 0.15) is 11.3 Å². The molecule has 26 heavy (non-hydrogen) atoms. The number of rotatable bonds is 5. The van der Waals surface area contributed by atoms with E-state index in [0.717, 1.165) is 16.8 Å². The lowest BCUT2D eigenvalue weighted by Crippen LogP contribution is -2.02. The number of hydrogen-bond donors (Lipinski definition) is 0. The van der Waals surface area contributed by atoms with E-state index in [9.17, 15) is 4.39 Å². The Kier molecular flexibility index (Phi) is 4.38. The van der Waals surface area contributed by atoms with Gasteiger partial charge in [-0.3, -0.25) is 0 Å². The van der Waals surface area contributed by atoms with E-state index in [4.69, 9.17) is 4.42 Å². The maximum absolute atomic E-state index is 13.0. The number of aliphatic imine (C=N–C) groups is 1. The van der Waals surface area contributed by atoms with Gasteiger partial charge in [-0.25, -0.2) is 4.39 Å². The molecule has 0 spiro atoms. The van der Waals surface area contributed by atoms with Crippen LogP contribution in [0.15, 0.2) is 82.3 Å². The van der Waals surface area contributed by atoms with E-state index in [0.29, 0.717) is 12.4 Å². The Balaban J connectivity index is 1.50. The molecular formula is C20H15FN4O. The predicted molar refractivity (Wildman–Crippen MR) is 96.9 cm³/mol. The standard InChI is InChI=1S/C20H15FN4O/c21-17-10-8-15(9-11-17)14-25-12-4-7-18(25)13-22-20-24-23-19(26-20)16-5-2-1-3-6-16/h1-13H,14H2/b22-13+. The normalized spacial score (nSPS) is 11.3. The van der Waals surface area contributed by atoms with E-state index in [2.05, 4.69) is 15.2 Å². The zero-order valence-electron chi connectivity index (χ0n) is 13.8. The van der Waals surface area contributed by atoms with Gasteiger partial charge in [-0.2, -0.15) is 4.99 Å². The van der Waals surface area contributed by atoms with Crippen molar-refractivity contribution in [3.63, 3.8) is 0 Å². The molecule has 0 N–H and O–H groups in total. The summed E-state index contributed by atoms with van der Waals surface area (Å²) in [5.41, 5.74) is 2.73. The van der Waals surface area contributed by atoms with Crippen LogP contribution in [0.25, 0.3) is 11.5 Å². The van der Waals surface area contributed by atoms with E-state index in [1.807, 2.05) is 53.2 Å². The van der Waals surface area contributed by atoms with E-state index in [-0.39, 0.29) is 11.8 Å². The lowest BCUT2D eigenvalue weighted by Gasteiger charge is -2.06. The fourth-order valence-electron chi connectivity index (χ4n) is 2.56. The van der Waals surface area contributed by atoms with Crippen LogP contribution in [-0.2, 0) is 6.54 Å². The fraction of sp³-hybridized carbons (Fsp3) is 0.0500. The zero-order valence-corrected chi connectivity index (χ0v) is 13.8. The van der Waals surface area contributed by atoms with Crippen LogP contribution in [0.3, 0.4) is 0 Å². The van der Waals surface area contributed by atoms with Crippen molar-refractivity contribution in [1.29, 1.82) is 0 Å². The van der Waals surface area contributed by atoms with Crippen LogP contribution < -0.4 is 0 Å². The molecule has 0 aliphatic rings. The number of hydrogen-bond acceptors (Lipinski definition) is 4. The number of aromatic nitrogens is 3. The maximum atomic E-state index is 13.0. The van der Waals surface area contributed by atoms with Gasteiger partial charge in [0.25, 0.3) is 0 Å². The summed E-state index contributed by atoms with van der Waals surface area (Å²) in [5.74, 6) is 0.188. The van der Waals surface area contributed by atoms with Crippen LogP contribution in [0.2, 0.25) is 0 Å². The Morgan fingerprint density at radius 2 is 1.77 bits per heavy atom. The molecule has 5 nitrogen and oxygen atoms in total. The molecule has 2 aromatic carbocycles. The van der Waals surface area contributed by atoms with Gasteiger partial charge < -0.3 is 8.98 Å². The molecule has 6 heteroatoms. The van der Waals surface area contributed by atoms with Gasteiger partial charge in [0.05, 0.1) is 11.9 Å². The lowest BCUT2D eigenvalue weighted by atomic mass is 10.2. The van der Waals surface area contributed by atoms with Crippen LogP contribution in [-0.4, -0.2) is 21.0 Å². The van der Waals surface area contributed by atoms with Crippen molar-refractivity contribution in [2.45, 2.75) is 6.54 Å². The van der Waals surface area contributed by atoms with Gasteiger partial charge in [0.2, 0.25) is 5.89 Å². The highest BCUT2D eigenvalue weighted by Gasteiger charge is 2.07. The summed E-state index contributed by atoms with van der Waals surface area (Å²) in [6.45, 7) is 0.619. The minimum absolute atomic E-state index is 0.193. The van der Waals surface area contributed by atoms with Gasteiger partial charge in [0.1, 0.15) is 5.82 Å². The van der Waals surface area contributed by atoms with Gasteiger partial charge in [-0.1, -0.05) is 35.4 Å². The SMILES string of the molecule is Fc1ccc(Cn2cccc2/C=N/c2nnc(-c3ccccc3)o2)cc1. The summed E-state index contributed by atoms with van der Waals surface area (Å²) in [4.78, 5) is 4.27. The maximum Gasteiger partial charge on any atom is 0.342 e. The molecule has 0 aliphatic carbocycles. The van der Waals surface area contributed by atoms with Crippen molar-refractivity contribution >= 4 is 12.2 Å². The van der Waals surface area contributed by atoms with Crippen molar-refractivity contribution in [3.05, 3.63) is 90.0 Å². The van der Waals surface area contributed by atoms with Crippen LogP contribution >= 0.6 is 0 Å². The Bertz CT molecular complexity index is 1020. The summed E-state index contributed by atoms with van der Waals surface area (Å²) >= 11 is 0. The van der Waals surface area contributed by atoms with Crippen LogP contribution in [0.4, 0.5) is 10.4 Å². The molecule has 0 fully saturated rings. The van der Waals surface area contributed by atoms with Gasteiger partial charge >= 0.3 is 6.01 Å². The molecule has 0 radical (unpaired) electrons. The van der Waals surface area contributed by atoms with E-state index in [1.165, 1.54) is 12.1 Å². The van der Waals surface area contributed by atoms with Gasteiger partial charge in [-0.15, -0.1) is 5.10 Å². The van der Waals surface area contributed by atoms with E-state index in [1.54, 1.807) is 18.3 Å². The predicted octanol–water partition coefficient (Wildman–Crippen LogP) is 4.48. The highest BCUT2D eigenvalue weighted by molar-refractivity contribution is 5.79. The van der Waals surface area contributed by atoms with E-state index < -0.39 is 0 Å². The fourth-order valence-corrected chi connectivity index (χ4v) is 2.56. The summed E-state index contributed by atoms with van der Waals surface area (Å²) in [6, 6.07) is 20.0. The second-order valence-electron chi connectivity index (χ2n) is 5.70. The average molecular weight is 346 g/mol. The molecule has 0 unspecified atom stereocenters. The zero-order chi connectivity index (χ0) is 17.8. The summed E-state index contributed by atoms with van der Waals surface area (Å²) < 4.78 is 20.6. The van der Waals surface area contributed by atoms with E-state index >= 15 is 0 Å². The molecular weight excluding hydrogens is 331 g/mol. The second-order valence-corrected chi connectivity index (χ2v) is 5.70. The van der Waals surface area contributed by atoms with Gasteiger partial charge in [0, 0.05) is 18.3 Å². The van der Waals surface area contributed by atoms with Crippen LogP contribution in [0.5, 0.6) is 0 Å². The molecule has 4 rings (SSSR count). The minimum Gasteiger partial charge on any atom is -0.402 e. The van der Waals surface area contributed by atoms with Gasteiger partial charge in [-0.05, 0) is 42.0 Å². The van der Waals surface area contributed by atoms with Crippen molar-refractivity contribution in [2.75, 3.05) is 0 Å². The highest BCUT2D eigenvalue weighted by Crippen LogP contribution is 2.20. The van der Waals surface area contributed by atoms with Crippen molar-refractivity contribution < 1.29 is 8.81 Å². The number of benzene rings is 2. The van der Waals surface area contributed by atoms with Crippen molar-refractivity contribution in [2.24, 2.45) is 4.99 Å². The van der Waals surface area contributed by atoms with Gasteiger partial charge in [0.15, 0.2) is 0 Å². The Morgan fingerprint density at radius 3 is 2.58 bits per heavy atom. The number of halogens is 1. The summed E-state index contributed by atoms with van der Waals surface area (Å²) in [5, 5.41) is 7.96. The quantitative estimate of drug-likeness (QED) is 0.501. The Morgan fingerprint density at radius 1 is 0.962 bits per heavy atom. The first kappa shape index (κ1) is 16.0. The third-order valence-corrected chi connectivity index (χ3v) is 3.87. The minimum atomic E-state index is -0.242. The smallest absolute Gasteiger partial charge is 0.342 e. The Hall–Kier alpha value is -3.54. The molecule has 128 valence electrons. The van der Waals surface area contributed by atoms with Crippen molar-refractivity contribution in [3.8, 4) is 11.5 Å². The lowest BCUT2D eigenvalue weighted by molar-refractivity contribution is 0.580. The molecule has 4 aromatic rings. The third kappa shape index (κ3) is 3.59. The first-order valence-corrected chi connectivity index (χ1v) is 8.10. The Labute approximate surface area is 149 Å². The molecule has 0 aliphatic heterocycles. The molecule has 0 bridgehead atoms. The monoisotopic (exact) mass is 346 g/mol. The molecule has 0 amide bonds. The first-order chi connectivity index (χ1) is 12.8. The first-order valence-electron chi connectivity index (χ1n) is 8.10. The molecule has 0 atom stereocenters.